The van der Waals surface area contributed by atoms with Crippen molar-refractivity contribution in [2.24, 2.45) is 0 Å². The Labute approximate surface area is 218 Å². The molecule has 3 aromatic carbocycles. The van der Waals surface area contributed by atoms with Crippen LogP contribution in [0.5, 0.6) is 0 Å². The van der Waals surface area contributed by atoms with Crippen LogP contribution in [0.2, 0.25) is 0 Å². The fourth-order valence-electron chi connectivity index (χ4n) is 5.43. The number of amides is 2. The lowest BCUT2D eigenvalue weighted by Gasteiger charge is -2.39. The Morgan fingerprint density at radius 2 is 1.81 bits per heavy atom. The highest BCUT2D eigenvalue weighted by atomic mass is 19.1. The van der Waals surface area contributed by atoms with Crippen LogP contribution in [0.1, 0.15) is 61.2 Å². The number of nitrogens with zero attached hydrogens (tertiary/aromatic N) is 3. The van der Waals surface area contributed by atoms with Gasteiger partial charge in [0.15, 0.2) is 0 Å². The molecule has 1 aromatic heterocycles. The van der Waals surface area contributed by atoms with E-state index in [2.05, 4.69) is 54.1 Å². The Hall–Kier alpha value is -3.67. The van der Waals surface area contributed by atoms with Crippen LogP contribution in [0.15, 0.2) is 60.7 Å². The van der Waals surface area contributed by atoms with Crippen molar-refractivity contribution < 1.29 is 9.18 Å². The van der Waals surface area contributed by atoms with Crippen LogP contribution in [0.4, 0.5) is 9.18 Å². The number of benzene rings is 3. The Morgan fingerprint density at radius 1 is 1.05 bits per heavy atom. The molecule has 1 aliphatic heterocycles. The number of H-pyrrole nitrogens is 1. The number of nitrogens with one attached hydrogen (secondary N) is 1. The highest BCUT2D eigenvalue weighted by Gasteiger charge is 2.31. The second kappa shape index (κ2) is 10.8. The Kier molecular flexibility index (Phi) is 7.26. The van der Waals surface area contributed by atoms with Crippen LogP contribution in [0.25, 0.3) is 22.2 Å². The van der Waals surface area contributed by atoms with E-state index in [1.165, 1.54) is 17.7 Å². The summed E-state index contributed by atoms with van der Waals surface area (Å²) in [6.07, 6.45) is 3.85. The molecule has 1 N–H and O–H groups in total. The SMILES string of the molecule is CCCN(Cc1cc(-c2ccc3nc(C)[nH]c3c2)ccc1C)C(=O)N1CCCCC1c1ccc(F)cc1. The summed E-state index contributed by atoms with van der Waals surface area (Å²) in [6, 6.07) is 19.5. The zero-order valence-electron chi connectivity index (χ0n) is 21.9. The van der Waals surface area contributed by atoms with E-state index >= 15 is 0 Å². The molecule has 1 atom stereocenters. The summed E-state index contributed by atoms with van der Waals surface area (Å²) in [4.78, 5) is 25.7. The van der Waals surface area contributed by atoms with Crippen LogP contribution in [0, 0.1) is 19.7 Å². The molecule has 0 spiro atoms. The van der Waals surface area contributed by atoms with E-state index in [1.54, 1.807) is 0 Å². The lowest BCUT2D eigenvalue weighted by atomic mass is 9.95. The molecule has 5 nitrogen and oxygen atoms in total. The van der Waals surface area contributed by atoms with Gasteiger partial charge in [0.05, 0.1) is 17.1 Å². The second-order valence-electron chi connectivity index (χ2n) is 10.2. The van der Waals surface area contributed by atoms with Gasteiger partial charge in [-0.1, -0.05) is 37.3 Å². The fourth-order valence-corrected chi connectivity index (χ4v) is 5.43. The van der Waals surface area contributed by atoms with Gasteiger partial charge in [0.25, 0.3) is 0 Å². The summed E-state index contributed by atoms with van der Waals surface area (Å²) in [5, 5.41) is 0. The number of carbonyl (C=O) groups excluding carboxylic acids is 1. The maximum absolute atomic E-state index is 13.9. The maximum Gasteiger partial charge on any atom is 0.320 e. The second-order valence-corrected chi connectivity index (χ2v) is 10.2. The topological polar surface area (TPSA) is 52.2 Å². The number of carbonyl (C=O) groups is 1. The third kappa shape index (κ3) is 5.38. The molecule has 2 amide bonds. The number of imidazole rings is 1. The number of aromatic amines is 1. The molecule has 2 heterocycles. The number of aryl methyl sites for hydroxylation is 2. The lowest BCUT2D eigenvalue weighted by Crippen LogP contribution is -2.47. The summed E-state index contributed by atoms with van der Waals surface area (Å²) in [6.45, 7) is 8.16. The van der Waals surface area contributed by atoms with Gasteiger partial charge >= 0.3 is 6.03 Å². The van der Waals surface area contributed by atoms with E-state index in [0.29, 0.717) is 13.1 Å². The Balaban J connectivity index is 1.41. The molecule has 1 saturated heterocycles. The van der Waals surface area contributed by atoms with Crippen molar-refractivity contribution in [3.63, 3.8) is 0 Å². The smallest absolute Gasteiger partial charge is 0.320 e. The summed E-state index contributed by atoms with van der Waals surface area (Å²) < 4.78 is 13.6. The highest BCUT2D eigenvalue weighted by molar-refractivity contribution is 5.82. The summed E-state index contributed by atoms with van der Waals surface area (Å²) >= 11 is 0. The van der Waals surface area contributed by atoms with Crippen molar-refractivity contribution in [3.05, 3.63) is 89.0 Å². The largest absolute Gasteiger partial charge is 0.342 e. The first-order valence-corrected chi connectivity index (χ1v) is 13.3. The minimum atomic E-state index is -0.248. The molecule has 37 heavy (non-hydrogen) atoms. The van der Waals surface area contributed by atoms with Gasteiger partial charge in [-0.25, -0.2) is 14.2 Å². The first kappa shape index (κ1) is 25.0. The molecule has 0 radical (unpaired) electrons. The zero-order valence-corrected chi connectivity index (χ0v) is 21.9. The maximum atomic E-state index is 13.9. The van der Waals surface area contributed by atoms with Crippen molar-refractivity contribution in [3.8, 4) is 11.1 Å². The van der Waals surface area contributed by atoms with Gasteiger partial charge in [-0.3, -0.25) is 0 Å². The minimum absolute atomic E-state index is 0.0155. The molecular formula is C31H35FN4O. The van der Waals surface area contributed by atoms with Gasteiger partial charge in [0.2, 0.25) is 0 Å². The molecule has 1 unspecified atom stereocenters. The van der Waals surface area contributed by atoms with Crippen LogP contribution in [0.3, 0.4) is 0 Å². The molecule has 0 aliphatic carbocycles. The van der Waals surface area contributed by atoms with Crippen molar-refractivity contribution in [2.45, 2.75) is 59.0 Å². The van der Waals surface area contributed by atoms with E-state index < -0.39 is 0 Å². The minimum Gasteiger partial charge on any atom is -0.342 e. The number of hydrogen-bond acceptors (Lipinski definition) is 2. The highest BCUT2D eigenvalue weighted by Crippen LogP contribution is 2.33. The lowest BCUT2D eigenvalue weighted by molar-refractivity contribution is 0.113. The average molecular weight is 499 g/mol. The van der Waals surface area contributed by atoms with Gasteiger partial charge < -0.3 is 14.8 Å². The van der Waals surface area contributed by atoms with Crippen molar-refractivity contribution >= 4 is 17.1 Å². The number of aromatic nitrogens is 2. The van der Waals surface area contributed by atoms with Gasteiger partial charge in [-0.2, -0.15) is 0 Å². The quantitative estimate of drug-likeness (QED) is 0.298. The summed E-state index contributed by atoms with van der Waals surface area (Å²) in [7, 11) is 0. The van der Waals surface area contributed by atoms with E-state index in [4.69, 9.17) is 0 Å². The predicted molar refractivity (Wildman–Crippen MR) is 147 cm³/mol. The van der Waals surface area contributed by atoms with Crippen molar-refractivity contribution in [1.82, 2.24) is 19.8 Å². The molecular weight excluding hydrogens is 463 g/mol. The first-order valence-electron chi connectivity index (χ1n) is 13.3. The molecule has 192 valence electrons. The third-order valence-corrected chi connectivity index (χ3v) is 7.41. The fraction of sp³-hybridized carbons (Fsp3) is 0.355. The standard InChI is InChI=1S/C31H35FN4O/c1-4-16-35(31(37)36-17-6-5-7-30(36)23-10-13-27(32)14-11-23)20-26-18-24(9-8-21(26)2)25-12-15-28-29(19-25)34-22(3)33-28/h8-15,18-19,30H,4-7,16-17,20H2,1-3H3,(H,33,34). The van der Waals surface area contributed by atoms with E-state index in [-0.39, 0.29) is 17.9 Å². The molecule has 6 heteroatoms. The van der Waals surface area contributed by atoms with Crippen LogP contribution < -0.4 is 0 Å². The van der Waals surface area contributed by atoms with Gasteiger partial charge in [-0.05, 0) is 97.7 Å². The van der Waals surface area contributed by atoms with Gasteiger partial charge in [0, 0.05) is 19.6 Å². The molecule has 0 saturated carbocycles. The molecule has 5 rings (SSSR count). The van der Waals surface area contributed by atoms with Gasteiger partial charge in [0.1, 0.15) is 11.6 Å². The normalized spacial score (nSPS) is 15.8. The number of fused-ring (bicyclic) bond motifs is 1. The van der Waals surface area contributed by atoms with Crippen LogP contribution in [-0.2, 0) is 6.54 Å². The van der Waals surface area contributed by atoms with E-state index in [1.807, 2.05) is 34.9 Å². The van der Waals surface area contributed by atoms with E-state index in [9.17, 15) is 9.18 Å². The Morgan fingerprint density at radius 3 is 2.59 bits per heavy atom. The number of likely N-dealkylation sites (tertiary alicyclic amines) is 1. The monoisotopic (exact) mass is 498 g/mol. The number of rotatable bonds is 6. The van der Waals surface area contributed by atoms with Crippen molar-refractivity contribution in [2.75, 3.05) is 13.1 Å². The number of hydrogen-bond donors (Lipinski definition) is 1. The summed E-state index contributed by atoms with van der Waals surface area (Å²) in [5.41, 5.74) is 7.57. The summed E-state index contributed by atoms with van der Waals surface area (Å²) in [5.74, 6) is 0.657. The van der Waals surface area contributed by atoms with Crippen molar-refractivity contribution in [1.29, 1.82) is 0 Å². The van der Waals surface area contributed by atoms with E-state index in [0.717, 1.165) is 71.3 Å². The molecule has 4 aromatic rings. The van der Waals surface area contributed by atoms with Crippen LogP contribution >= 0.6 is 0 Å². The van der Waals surface area contributed by atoms with Crippen LogP contribution in [-0.4, -0.2) is 38.9 Å². The first-order chi connectivity index (χ1) is 17.9. The molecule has 1 aliphatic rings. The zero-order chi connectivity index (χ0) is 25.9. The Bertz CT molecular complexity index is 1390. The average Bonchev–Trinajstić information content (AvgIpc) is 3.29. The number of piperidine rings is 1. The third-order valence-electron chi connectivity index (χ3n) is 7.41. The molecule has 0 bridgehead atoms. The number of halogens is 1. The number of urea groups is 1. The van der Waals surface area contributed by atoms with Gasteiger partial charge in [-0.15, -0.1) is 0 Å². The molecule has 1 fully saturated rings. The predicted octanol–water partition coefficient (Wildman–Crippen LogP) is 7.55.